The summed E-state index contributed by atoms with van der Waals surface area (Å²) in [6.45, 7) is 14.1. The molecule has 0 aliphatic rings. The summed E-state index contributed by atoms with van der Waals surface area (Å²) in [6.07, 6.45) is 48.7. The molecule has 17 nitrogen and oxygen atoms in total. The van der Waals surface area contributed by atoms with E-state index in [9.17, 15) is 43.2 Å². The lowest BCUT2D eigenvalue weighted by molar-refractivity contribution is -0.161. The fourth-order valence-corrected chi connectivity index (χ4v) is 13.0. The van der Waals surface area contributed by atoms with E-state index in [1.807, 2.05) is 0 Å². The molecule has 0 saturated carbocycles. The molecule has 0 radical (unpaired) electrons. The van der Waals surface area contributed by atoms with Crippen molar-refractivity contribution in [2.75, 3.05) is 39.6 Å². The number of hydrogen-bond acceptors (Lipinski definition) is 15. The average molecular weight is 1380 g/mol. The fourth-order valence-electron chi connectivity index (χ4n) is 11.4. The molecule has 0 spiro atoms. The van der Waals surface area contributed by atoms with Crippen LogP contribution < -0.4 is 0 Å². The Morgan fingerprint density at radius 3 is 0.660 bits per heavy atom. The van der Waals surface area contributed by atoms with Crippen LogP contribution in [0.4, 0.5) is 0 Å². The molecule has 3 unspecified atom stereocenters. The molecular formula is C75H146O17P2. The Bertz CT molecular complexity index is 1850. The second kappa shape index (κ2) is 64.4. The van der Waals surface area contributed by atoms with Crippen molar-refractivity contribution in [1.82, 2.24) is 0 Å². The molecule has 0 aliphatic heterocycles. The third kappa shape index (κ3) is 68.6. The van der Waals surface area contributed by atoms with Gasteiger partial charge in [0, 0.05) is 25.7 Å². The summed E-state index contributed by atoms with van der Waals surface area (Å²) in [6, 6.07) is 0. The first-order valence-corrected chi connectivity index (χ1v) is 41.7. The van der Waals surface area contributed by atoms with Crippen LogP contribution in [0.25, 0.3) is 0 Å². The number of esters is 4. The first kappa shape index (κ1) is 92.1. The van der Waals surface area contributed by atoms with E-state index in [1.54, 1.807) is 0 Å². The average Bonchev–Trinajstić information content (AvgIpc) is 3.42. The maximum atomic E-state index is 13.1. The molecule has 0 aromatic rings. The maximum absolute atomic E-state index is 13.1. The molecule has 94 heavy (non-hydrogen) atoms. The van der Waals surface area contributed by atoms with Gasteiger partial charge in [0.05, 0.1) is 26.4 Å². The Balaban J connectivity index is 5.23. The molecule has 558 valence electrons. The number of aliphatic hydroxyl groups is 1. The Morgan fingerprint density at radius 2 is 0.447 bits per heavy atom. The molecule has 0 aromatic heterocycles. The lowest BCUT2D eigenvalue weighted by Crippen LogP contribution is -2.30. The molecule has 3 N–H and O–H groups in total. The lowest BCUT2D eigenvalue weighted by atomic mass is 10.0. The van der Waals surface area contributed by atoms with Crippen LogP contribution in [0.1, 0.15) is 376 Å². The molecule has 0 amide bonds. The smallest absolute Gasteiger partial charge is 0.462 e. The summed E-state index contributed by atoms with van der Waals surface area (Å²) in [5.74, 6) is 0.892. The maximum Gasteiger partial charge on any atom is 0.472 e. The predicted molar refractivity (Wildman–Crippen MR) is 381 cm³/mol. The van der Waals surface area contributed by atoms with Crippen LogP contribution in [-0.2, 0) is 65.4 Å². The minimum Gasteiger partial charge on any atom is -0.462 e. The van der Waals surface area contributed by atoms with E-state index in [1.165, 1.54) is 173 Å². The Kier molecular flexibility index (Phi) is 63.1. The number of unbranched alkanes of at least 4 members (excludes halogenated alkanes) is 38. The summed E-state index contributed by atoms with van der Waals surface area (Å²) in [7, 11) is -9.91. The van der Waals surface area contributed by atoms with Gasteiger partial charge >= 0.3 is 39.5 Å². The van der Waals surface area contributed by atoms with Crippen molar-refractivity contribution < 1.29 is 80.2 Å². The zero-order valence-electron chi connectivity index (χ0n) is 61.6. The third-order valence-electron chi connectivity index (χ3n) is 17.3. The SMILES string of the molecule is CC(C)CCCCCCCCCCCCCCCCCC(=O)OC[C@H](COP(=O)(O)OCC(O)COP(=O)(O)OC[C@@H](COC(=O)CCCCCCCCCC(C)C)OC(=O)CCCCCCCCCCCCC(C)C)OC(=O)CCCCCCCCCCCCC(C)C. The van der Waals surface area contributed by atoms with Crippen molar-refractivity contribution in [1.29, 1.82) is 0 Å². The van der Waals surface area contributed by atoms with Crippen LogP contribution in [0, 0.1) is 23.7 Å². The van der Waals surface area contributed by atoms with E-state index in [4.69, 9.17) is 37.0 Å². The van der Waals surface area contributed by atoms with E-state index < -0.39 is 97.5 Å². The number of carbonyl (C=O) groups excluding carboxylic acids is 4. The lowest BCUT2D eigenvalue weighted by Gasteiger charge is -2.21. The third-order valence-corrected chi connectivity index (χ3v) is 19.2. The summed E-state index contributed by atoms with van der Waals surface area (Å²) in [4.78, 5) is 72.7. The first-order chi connectivity index (χ1) is 45.1. The molecule has 0 heterocycles. The van der Waals surface area contributed by atoms with Crippen LogP contribution in [0.3, 0.4) is 0 Å². The Labute approximate surface area is 575 Å². The van der Waals surface area contributed by atoms with Gasteiger partial charge in [-0.3, -0.25) is 37.3 Å². The van der Waals surface area contributed by atoms with Crippen molar-refractivity contribution >= 4 is 39.5 Å². The predicted octanol–water partition coefficient (Wildman–Crippen LogP) is 21.7. The van der Waals surface area contributed by atoms with E-state index in [0.29, 0.717) is 31.6 Å². The van der Waals surface area contributed by atoms with E-state index in [0.717, 1.165) is 114 Å². The van der Waals surface area contributed by atoms with Crippen LogP contribution in [0.5, 0.6) is 0 Å². The molecule has 0 aromatic carbocycles. The molecule has 0 fully saturated rings. The second-order valence-electron chi connectivity index (χ2n) is 28.9. The van der Waals surface area contributed by atoms with Crippen molar-refractivity contribution in [2.24, 2.45) is 23.7 Å². The molecule has 0 bridgehead atoms. The van der Waals surface area contributed by atoms with Gasteiger partial charge in [0.15, 0.2) is 12.2 Å². The summed E-state index contributed by atoms with van der Waals surface area (Å²) in [5, 5.41) is 10.6. The molecule has 19 heteroatoms. The first-order valence-electron chi connectivity index (χ1n) is 38.7. The van der Waals surface area contributed by atoms with Crippen LogP contribution in [0.2, 0.25) is 0 Å². The van der Waals surface area contributed by atoms with Gasteiger partial charge < -0.3 is 33.8 Å². The van der Waals surface area contributed by atoms with Gasteiger partial charge in [-0.05, 0) is 49.4 Å². The van der Waals surface area contributed by atoms with Crippen LogP contribution >= 0.6 is 15.6 Å². The highest BCUT2D eigenvalue weighted by Crippen LogP contribution is 2.45. The number of phosphoric acid groups is 2. The van der Waals surface area contributed by atoms with Crippen molar-refractivity contribution in [3.05, 3.63) is 0 Å². The van der Waals surface area contributed by atoms with Crippen molar-refractivity contribution in [3.8, 4) is 0 Å². The van der Waals surface area contributed by atoms with E-state index in [-0.39, 0.29) is 25.7 Å². The Morgan fingerprint density at radius 1 is 0.266 bits per heavy atom. The summed E-state index contributed by atoms with van der Waals surface area (Å²) >= 11 is 0. The van der Waals surface area contributed by atoms with Gasteiger partial charge in [0.1, 0.15) is 19.3 Å². The molecule has 0 aliphatic carbocycles. The van der Waals surface area contributed by atoms with Gasteiger partial charge in [-0.15, -0.1) is 0 Å². The van der Waals surface area contributed by atoms with Gasteiger partial charge in [-0.1, -0.05) is 325 Å². The summed E-state index contributed by atoms with van der Waals surface area (Å²) in [5.41, 5.74) is 0. The zero-order valence-corrected chi connectivity index (χ0v) is 63.4. The summed E-state index contributed by atoms with van der Waals surface area (Å²) < 4.78 is 68.5. The quantitative estimate of drug-likeness (QED) is 0.0222. The number of ether oxygens (including phenoxy) is 4. The number of aliphatic hydroxyl groups excluding tert-OH is 1. The highest BCUT2D eigenvalue weighted by atomic mass is 31.2. The fraction of sp³-hybridized carbons (Fsp3) is 0.947. The van der Waals surface area contributed by atoms with Crippen molar-refractivity contribution in [2.45, 2.75) is 395 Å². The zero-order chi connectivity index (χ0) is 69.6. The van der Waals surface area contributed by atoms with Crippen LogP contribution in [0.15, 0.2) is 0 Å². The normalized spacial score (nSPS) is 14.2. The molecule has 5 atom stereocenters. The van der Waals surface area contributed by atoms with Gasteiger partial charge in [0.2, 0.25) is 0 Å². The minimum atomic E-state index is -4.96. The van der Waals surface area contributed by atoms with E-state index in [2.05, 4.69) is 55.4 Å². The monoisotopic (exact) mass is 1380 g/mol. The topological polar surface area (TPSA) is 237 Å². The molecular weight excluding hydrogens is 1230 g/mol. The second-order valence-corrected chi connectivity index (χ2v) is 31.9. The molecule has 0 saturated heterocycles. The number of hydrogen-bond donors (Lipinski definition) is 3. The number of rotatable bonds is 72. The van der Waals surface area contributed by atoms with Gasteiger partial charge in [-0.25, -0.2) is 9.13 Å². The van der Waals surface area contributed by atoms with Crippen molar-refractivity contribution in [3.63, 3.8) is 0 Å². The Hall–Kier alpha value is -1.94. The highest BCUT2D eigenvalue weighted by Gasteiger charge is 2.30. The van der Waals surface area contributed by atoms with Gasteiger partial charge in [0.25, 0.3) is 0 Å². The van der Waals surface area contributed by atoms with Crippen LogP contribution in [-0.4, -0.2) is 96.7 Å². The number of carbonyl (C=O) groups is 4. The highest BCUT2D eigenvalue weighted by molar-refractivity contribution is 7.47. The standard InChI is InChI=1S/C75H146O17P2/c1-65(2)51-43-35-27-20-14-12-10-9-11-13-15-23-31-39-47-55-72(77)85-61-70(91-74(79)57-49-41-32-24-18-16-21-28-36-44-52-66(3)4)63-89-93(81,82)87-59-69(76)60-88-94(83,84)90-64-71(62-86-73(78)56-48-40-34-26-30-38-46-54-68(7)8)92-75(80)58-50-42-33-25-19-17-22-29-37-45-53-67(5)6/h65-71,76H,9-64H2,1-8H3,(H,81,82)(H,83,84)/t69?,70-,71-/m1/s1. The van der Waals surface area contributed by atoms with Gasteiger partial charge in [-0.2, -0.15) is 0 Å². The minimum absolute atomic E-state index is 0.105. The van der Waals surface area contributed by atoms with E-state index >= 15 is 0 Å². The molecule has 0 rings (SSSR count). The number of phosphoric ester groups is 2. The largest absolute Gasteiger partial charge is 0.472 e.